The Labute approximate surface area is 96.1 Å². The van der Waals surface area contributed by atoms with Crippen molar-refractivity contribution < 1.29 is 0 Å². The van der Waals surface area contributed by atoms with Crippen LogP contribution in [0.2, 0.25) is 0 Å². The summed E-state index contributed by atoms with van der Waals surface area (Å²) >= 11 is 0. The molecule has 0 spiro atoms. The molecule has 2 nitrogen and oxygen atoms in total. The molecule has 0 aliphatic rings. The van der Waals surface area contributed by atoms with Crippen LogP contribution < -0.4 is 0 Å². The lowest BCUT2D eigenvalue weighted by Gasteiger charge is -2.07. The molecule has 82 valence electrons. The Morgan fingerprint density at radius 2 is 2.19 bits per heavy atom. The molecule has 0 aliphatic carbocycles. The summed E-state index contributed by atoms with van der Waals surface area (Å²) in [7, 11) is 0. The van der Waals surface area contributed by atoms with Crippen molar-refractivity contribution in [1.82, 2.24) is 4.57 Å². The molecule has 0 unspecified atom stereocenters. The van der Waals surface area contributed by atoms with Crippen molar-refractivity contribution in [2.75, 3.05) is 0 Å². The van der Waals surface area contributed by atoms with E-state index in [1.54, 1.807) is 0 Å². The van der Waals surface area contributed by atoms with Gasteiger partial charge in [-0.15, -0.1) is 0 Å². The molecule has 16 heavy (non-hydrogen) atoms. The highest BCUT2D eigenvalue weighted by Crippen LogP contribution is 2.21. The van der Waals surface area contributed by atoms with Gasteiger partial charge in [0, 0.05) is 19.2 Å². The highest BCUT2D eigenvalue weighted by atomic mass is 14.9. The fourth-order valence-electron chi connectivity index (χ4n) is 2.14. The van der Waals surface area contributed by atoms with Crippen LogP contribution in [-0.4, -0.2) is 4.57 Å². The van der Waals surface area contributed by atoms with Gasteiger partial charge in [-0.1, -0.05) is 25.1 Å². The average molecular weight is 212 g/mol. The third-order valence-corrected chi connectivity index (χ3v) is 2.94. The van der Waals surface area contributed by atoms with Gasteiger partial charge in [0.25, 0.3) is 0 Å². The lowest BCUT2D eigenvalue weighted by atomic mass is 10.1. The summed E-state index contributed by atoms with van der Waals surface area (Å²) in [5.41, 5.74) is 2.72. The maximum atomic E-state index is 8.55. The van der Waals surface area contributed by atoms with Gasteiger partial charge in [-0.2, -0.15) is 5.26 Å². The Kier molecular flexibility index (Phi) is 3.26. The Bertz CT molecular complexity index is 517. The zero-order chi connectivity index (χ0) is 11.4. The zero-order valence-electron chi connectivity index (χ0n) is 9.61. The van der Waals surface area contributed by atoms with Crippen LogP contribution in [0.25, 0.3) is 10.9 Å². The molecule has 0 saturated carbocycles. The van der Waals surface area contributed by atoms with Gasteiger partial charge in [-0.05, 0) is 29.9 Å². The van der Waals surface area contributed by atoms with Crippen LogP contribution in [0.3, 0.4) is 0 Å². The van der Waals surface area contributed by atoms with Crippen molar-refractivity contribution in [2.24, 2.45) is 0 Å². The Morgan fingerprint density at radius 3 is 2.94 bits per heavy atom. The first-order valence-electron chi connectivity index (χ1n) is 5.80. The summed E-state index contributed by atoms with van der Waals surface area (Å²) in [4.78, 5) is 0. The third kappa shape index (κ3) is 1.94. The molecule has 1 heterocycles. The standard InChI is InChI=1S/C14H16N2/c1-2-12-6-5-7-13-8-11-16(14(12)13)10-4-3-9-15/h5-8,11H,2-4,10H2,1H3. The summed E-state index contributed by atoms with van der Waals surface area (Å²) in [6.07, 6.45) is 4.74. The molecule has 0 atom stereocenters. The molecule has 2 rings (SSSR count). The second-order valence-electron chi connectivity index (χ2n) is 3.98. The smallest absolute Gasteiger partial charge is 0.0622 e. The summed E-state index contributed by atoms with van der Waals surface area (Å²) in [5, 5.41) is 9.85. The molecule has 1 aromatic carbocycles. The van der Waals surface area contributed by atoms with E-state index in [2.05, 4.69) is 48.0 Å². The van der Waals surface area contributed by atoms with Crippen molar-refractivity contribution >= 4 is 10.9 Å². The Morgan fingerprint density at radius 1 is 1.31 bits per heavy atom. The fourth-order valence-corrected chi connectivity index (χ4v) is 2.14. The zero-order valence-corrected chi connectivity index (χ0v) is 9.61. The van der Waals surface area contributed by atoms with E-state index in [1.165, 1.54) is 16.5 Å². The average Bonchev–Trinajstić information content (AvgIpc) is 2.73. The summed E-state index contributed by atoms with van der Waals surface area (Å²) in [6.45, 7) is 3.12. The number of aryl methyl sites for hydroxylation is 2. The molecule has 1 aromatic heterocycles. The van der Waals surface area contributed by atoms with Gasteiger partial charge in [-0.25, -0.2) is 0 Å². The first kappa shape index (κ1) is 10.8. The minimum atomic E-state index is 0.633. The van der Waals surface area contributed by atoms with E-state index in [9.17, 15) is 0 Å². The van der Waals surface area contributed by atoms with Crippen molar-refractivity contribution in [3.05, 3.63) is 36.0 Å². The second kappa shape index (κ2) is 4.85. The molecule has 2 heteroatoms. The van der Waals surface area contributed by atoms with Gasteiger partial charge < -0.3 is 4.57 Å². The highest BCUT2D eigenvalue weighted by molar-refractivity contribution is 5.83. The molecular weight excluding hydrogens is 196 g/mol. The third-order valence-electron chi connectivity index (χ3n) is 2.94. The molecule has 0 saturated heterocycles. The predicted molar refractivity (Wildman–Crippen MR) is 66.2 cm³/mol. The van der Waals surface area contributed by atoms with E-state index >= 15 is 0 Å². The van der Waals surface area contributed by atoms with Gasteiger partial charge >= 0.3 is 0 Å². The number of hydrogen-bond donors (Lipinski definition) is 0. The first-order chi connectivity index (χ1) is 7.86. The van der Waals surface area contributed by atoms with Crippen molar-refractivity contribution in [2.45, 2.75) is 32.7 Å². The van der Waals surface area contributed by atoms with E-state index in [1.807, 2.05) is 0 Å². The lowest BCUT2D eigenvalue weighted by molar-refractivity contribution is 0.672. The Balaban J connectivity index is 2.35. The van der Waals surface area contributed by atoms with Crippen LogP contribution in [0, 0.1) is 11.3 Å². The molecule has 0 bridgehead atoms. The van der Waals surface area contributed by atoms with Gasteiger partial charge in [0.15, 0.2) is 0 Å². The van der Waals surface area contributed by atoms with Crippen molar-refractivity contribution in [1.29, 1.82) is 5.26 Å². The van der Waals surface area contributed by atoms with E-state index in [0.29, 0.717) is 6.42 Å². The summed E-state index contributed by atoms with van der Waals surface area (Å²) in [6, 6.07) is 10.8. The molecule has 0 N–H and O–H groups in total. The molecule has 0 radical (unpaired) electrons. The maximum Gasteiger partial charge on any atom is 0.0622 e. The van der Waals surface area contributed by atoms with Crippen molar-refractivity contribution in [3.8, 4) is 6.07 Å². The van der Waals surface area contributed by atoms with Crippen LogP contribution in [0.1, 0.15) is 25.3 Å². The van der Waals surface area contributed by atoms with Crippen LogP contribution >= 0.6 is 0 Å². The SMILES string of the molecule is CCc1cccc2ccn(CCCC#N)c12. The molecule has 0 amide bonds. The van der Waals surface area contributed by atoms with E-state index in [0.717, 1.165) is 19.4 Å². The van der Waals surface area contributed by atoms with E-state index in [-0.39, 0.29) is 0 Å². The van der Waals surface area contributed by atoms with Crippen LogP contribution in [0.4, 0.5) is 0 Å². The number of benzene rings is 1. The van der Waals surface area contributed by atoms with Crippen LogP contribution in [-0.2, 0) is 13.0 Å². The lowest BCUT2D eigenvalue weighted by Crippen LogP contribution is -1.98. The maximum absolute atomic E-state index is 8.55. The number of fused-ring (bicyclic) bond motifs is 1. The number of nitriles is 1. The number of unbranched alkanes of at least 4 members (excludes halogenated alkanes) is 1. The second-order valence-corrected chi connectivity index (χ2v) is 3.98. The Hall–Kier alpha value is -1.75. The van der Waals surface area contributed by atoms with Gasteiger partial charge in [0.05, 0.1) is 11.6 Å². The topological polar surface area (TPSA) is 28.7 Å². The van der Waals surface area contributed by atoms with Crippen molar-refractivity contribution in [3.63, 3.8) is 0 Å². The van der Waals surface area contributed by atoms with E-state index in [4.69, 9.17) is 5.26 Å². The number of aromatic nitrogens is 1. The minimum absolute atomic E-state index is 0.633. The van der Waals surface area contributed by atoms with Crippen LogP contribution in [0.15, 0.2) is 30.5 Å². The molecular formula is C14H16N2. The van der Waals surface area contributed by atoms with Gasteiger partial charge in [0.1, 0.15) is 0 Å². The molecule has 0 fully saturated rings. The summed E-state index contributed by atoms with van der Waals surface area (Å²) in [5.74, 6) is 0. The predicted octanol–water partition coefficient (Wildman–Crippen LogP) is 3.51. The molecule has 0 aliphatic heterocycles. The van der Waals surface area contributed by atoms with Gasteiger partial charge in [-0.3, -0.25) is 0 Å². The van der Waals surface area contributed by atoms with Crippen LogP contribution in [0.5, 0.6) is 0 Å². The summed E-state index contributed by atoms with van der Waals surface area (Å²) < 4.78 is 2.27. The van der Waals surface area contributed by atoms with E-state index < -0.39 is 0 Å². The first-order valence-corrected chi connectivity index (χ1v) is 5.80. The van der Waals surface area contributed by atoms with Gasteiger partial charge in [0.2, 0.25) is 0 Å². The number of para-hydroxylation sites is 1. The monoisotopic (exact) mass is 212 g/mol. The quantitative estimate of drug-likeness (QED) is 0.713. The molecule has 2 aromatic rings. The number of nitrogens with zero attached hydrogens (tertiary/aromatic N) is 2. The largest absolute Gasteiger partial charge is 0.347 e. The number of hydrogen-bond acceptors (Lipinski definition) is 1. The minimum Gasteiger partial charge on any atom is -0.347 e. The fraction of sp³-hybridized carbons (Fsp3) is 0.357. The number of rotatable bonds is 4. The normalized spacial score (nSPS) is 10.5. The highest BCUT2D eigenvalue weighted by Gasteiger charge is 2.04.